The zero-order valence-corrected chi connectivity index (χ0v) is 14.7. The van der Waals surface area contributed by atoms with Gasteiger partial charge in [0.25, 0.3) is 0 Å². The first-order valence-corrected chi connectivity index (χ1v) is 8.17. The summed E-state index contributed by atoms with van der Waals surface area (Å²) in [6, 6.07) is 11.5. The van der Waals surface area contributed by atoms with Crippen LogP contribution in [0.4, 0.5) is 8.78 Å². The first-order valence-electron chi connectivity index (χ1n) is 7.60. The summed E-state index contributed by atoms with van der Waals surface area (Å²) in [5, 5.41) is 2.75. The summed E-state index contributed by atoms with van der Waals surface area (Å²) in [4.78, 5) is 12.0. The van der Waals surface area contributed by atoms with E-state index in [2.05, 4.69) is 14.5 Å². The molecule has 3 unspecified atom stereocenters. The third-order valence-electron chi connectivity index (χ3n) is 3.83. The molecule has 0 aromatic heterocycles. The van der Waals surface area contributed by atoms with Crippen LogP contribution in [0.3, 0.4) is 0 Å². The van der Waals surface area contributed by atoms with Gasteiger partial charge in [-0.2, -0.15) is 0 Å². The predicted molar refractivity (Wildman–Crippen MR) is 92.5 cm³/mol. The lowest BCUT2D eigenvalue weighted by atomic mass is 9.87. The first kappa shape index (κ1) is 18.5. The van der Waals surface area contributed by atoms with Crippen molar-refractivity contribution in [1.29, 1.82) is 0 Å². The van der Waals surface area contributed by atoms with E-state index < -0.39 is 18.1 Å². The van der Waals surface area contributed by atoms with Crippen LogP contribution >= 0.6 is 9.39 Å². The van der Waals surface area contributed by atoms with Gasteiger partial charge in [-0.3, -0.25) is 9.88 Å². The molecule has 0 spiro atoms. The smallest absolute Gasteiger partial charge is 0.323 e. The Balaban J connectivity index is 2.33. The second-order valence-corrected chi connectivity index (χ2v) is 5.94. The fraction of sp³-hybridized carbons (Fsp3) is 0.278. The molecule has 0 saturated heterocycles. The minimum absolute atomic E-state index is 0.327. The van der Waals surface area contributed by atoms with Gasteiger partial charge in [-0.25, -0.2) is 8.78 Å². The molecule has 3 nitrogen and oxygen atoms in total. The Morgan fingerprint density at radius 3 is 1.75 bits per heavy atom. The number of carbonyl (C=O) groups excluding carboxylic acids is 1. The highest BCUT2D eigenvalue weighted by Gasteiger charge is 2.26. The number of hydrogen-bond acceptors (Lipinski definition) is 3. The molecule has 0 heterocycles. The quantitative estimate of drug-likeness (QED) is 0.636. The lowest BCUT2D eigenvalue weighted by Crippen LogP contribution is -2.33. The van der Waals surface area contributed by atoms with Crippen LogP contribution in [-0.2, 0) is 9.53 Å². The maximum absolute atomic E-state index is 13.2. The van der Waals surface area contributed by atoms with Crippen molar-refractivity contribution >= 4 is 15.4 Å². The Kier molecular flexibility index (Phi) is 6.41. The Morgan fingerprint density at radius 1 is 0.958 bits per heavy atom. The number of ether oxygens (including phenoxy) is 1. The van der Waals surface area contributed by atoms with Gasteiger partial charge in [-0.1, -0.05) is 33.7 Å². The number of hydrogen-bond donors (Lipinski definition) is 1. The van der Waals surface area contributed by atoms with Gasteiger partial charge >= 0.3 is 5.97 Å². The topological polar surface area (TPSA) is 38.3 Å². The molecule has 0 fully saturated rings. The van der Waals surface area contributed by atoms with E-state index in [1.165, 1.54) is 24.3 Å². The van der Waals surface area contributed by atoms with E-state index in [4.69, 9.17) is 4.74 Å². The Hall–Kier alpha value is -1.84. The molecule has 0 saturated carbocycles. The first-order chi connectivity index (χ1) is 11.4. The molecule has 0 aliphatic heterocycles. The van der Waals surface area contributed by atoms with Gasteiger partial charge in [0, 0.05) is 5.92 Å². The van der Waals surface area contributed by atoms with Gasteiger partial charge in [0.05, 0.1) is 0 Å². The van der Waals surface area contributed by atoms with Crippen molar-refractivity contribution in [2.45, 2.75) is 31.9 Å². The summed E-state index contributed by atoms with van der Waals surface area (Å²) in [6.45, 7) is 3.46. The van der Waals surface area contributed by atoms with E-state index in [0.29, 0.717) is 0 Å². The van der Waals surface area contributed by atoms with Crippen LogP contribution in [0.1, 0.15) is 30.9 Å². The third kappa shape index (κ3) is 4.59. The number of rotatable bonds is 6. The van der Waals surface area contributed by atoms with E-state index >= 15 is 0 Å². The molecule has 128 valence electrons. The molecule has 0 aliphatic rings. The molecule has 0 aliphatic carbocycles. The molecule has 2 aromatic carbocycles. The highest BCUT2D eigenvalue weighted by molar-refractivity contribution is 7.13. The third-order valence-corrected chi connectivity index (χ3v) is 4.33. The predicted octanol–water partition coefficient (Wildman–Crippen LogP) is 3.80. The average Bonchev–Trinajstić information content (AvgIpc) is 2.57. The van der Waals surface area contributed by atoms with Crippen molar-refractivity contribution in [3.05, 3.63) is 71.3 Å². The summed E-state index contributed by atoms with van der Waals surface area (Å²) >= 11 is 0. The van der Waals surface area contributed by atoms with Gasteiger partial charge in [0.1, 0.15) is 23.8 Å². The van der Waals surface area contributed by atoms with E-state index in [1.54, 1.807) is 38.1 Å². The summed E-state index contributed by atoms with van der Waals surface area (Å²) in [5.41, 5.74) is 1.57. The molecular weight excluding hydrogens is 331 g/mol. The number of carbonyl (C=O) groups is 1. The Morgan fingerprint density at radius 2 is 1.38 bits per heavy atom. The van der Waals surface area contributed by atoms with Crippen LogP contribution in [-0.4, -0.2) is 18.1 Å². The minimum atomic E-state index is -0.505. The van der Waals surface area contributed by atoms with E-state index in [1.807, 2.05) is 0 Å². The van der Waals surface area contributed by atoms with E-state index in [-0.39, 0.29) is 17.6 Å². The molecule has 2 rings (SSSR count). The summed E-state index contributed by atoms with van der Waals surface area (Å²) < 4.78 is 32.0. The highest BCUT2D eigenvalue weighted by Crippen LogP contribution is 2.30. The number of esters is 1. The second kappa shape index (κ2) is 8.32. The lowest BCUT2D eigenvalue weighted by molar-refractivity contribution is -0.150. The van der Waals surface area contributed by atoms with Crippen molar-refractivity contribution in [3.8, 4) is 0 Å². The standard InChI is InChI=1S/C18H20F2NO2P/c1-11(21-24)18(22)23-12(2)17(13-3-7-15(19)8-4-13)14-5-9-16(20)10-6-14/h3-12,17,21H,24H2,1-2H3. The lowest BCUT2D eigenvalue weighted by Gasteiger charge is -2.26. The van der Waals surface area contributed by atoms with Crippen molar-refractivity contribution < 1.29 is 18.3 Å². The summed E-state index contributed by atoms with van der Waals surface area (Å²) in [6.07, 6.45) is -0.505. The van der Waals surface area contributed by atoms with Crippen LogP contribution in [0, 0.1) is 11.6 Å². The zero-order chi connectivity index (χ0) is 17.7. The van der Waals surface area contributed by atoms with Crippen LogP contribution < -0.4 is 5.09 Å². The summed E-state index contributed by atoms with van der Waals surface area (Å²) in [5.74, 6) is -1.41. The zero-order valence-electron chi connectivity index (χ0n) is 13.5. The van der Waals surface area contributed by atoms with E-state index in [9.17, 15) is 13.6 Å². The molecule has 0 bridgehead atoms. The Bertz CT molecular complexity index is 631. The molecule has 1 N–H and O–H groups in total. The van der Waals surface area contributed by atoms with Crippen LogP contribution in [0.5, 0.6) is 0 Å². The largest absolute Gasteiger partial charge is 0.460 e. The van der Waals surface area contributed by atoms with Crippen molar-refractivity contribution in [3.63, 3.8) is 0 Å². The highest BCUT2D eigenvalue weighted by atomic mass is 31.0. The fourth-order valence-corrected chi connectivity index (χ4v) is 2.63. The maximum atomic E-state index is 13.2. The van der Waals surface area contributed by atoms with Gasteiger partial charge < -0.3 is 4.74 Å². The molecule has 6 heteroatoms. The fourth-order valence-electron chi connectivity index (χ4n) is 2.50. The molecule has 2 aromatic rings. The second-order valence-electron chi connectivity index (χ2n) is 5.61. The van der Waals surface area contributed by atoms with Crippen LogP contribution in [0.15, 0.2) is 48.5 Å². The molecule has 24 heavy (non-hydrogen) atoms. The molecule has 0 amide bonds. The van der Waals surface area contributed by atoms with Gasteiger partial charge in [0.2, 0.25) is 0 Å². The van der Waals surface area contributed by atoms with Gasteiger partial charge in [-0.05, 0) is 49.2 Å². The number of benzene rings is 2. The van der Waals surface area contributed by atoms with Crippen molar-refractivity contribution in [1.82, 2.24) is 5.09 Å². The Labute approximate surface area is 142 Å². The molecular formula is C18H20F2NO2P. The van der Waals surface area contributed by atoms with Crippen molar-refractivity contribution in [2.24, 2.45) is 0 Å². The number of halogens is 2. The maximum Gasteiger partial charge on any atom is 0.323 e. The average molecular weight is 351 g/mol. The molecule has 3 atom stereocenters. The minimum Gasteiger partial charge on any atom is -0.460 e. The van der Waals surface area contributed by atoms with Crippen molar-refractivity contribution in [2.75, 3.05) is 0 Å². The normalized spacial score (nSPS) is 13.6. The summed E-state index contributed by atoms with van der Waals surface area (Å²) in [7, 11) is 2.27. The number of nitrogens with one attached hydrogen (secondary N) is 1. The van der Waals surface area contributed by atoms with E-state index in [0.717, 1.165) is 11.1 Å². The SMILES string of the molecule is CC(NP)C(=O)OC(C)C(c1ccc(F)cc1)c1ccc(F)cc1. The monoisotopic (exact) mass is 351 g/mol. The molecule has 0 radical (unpaired) electrons. The van der Waals surface area contributed by atoms with Crippen LogP contribution in [0.25, 0.3) is 0 Å². The van der Waals surface area contributed by atoms with Gasteiger partial charge in [-0.15, -0.1) is 0 Å². The van der Waals surface area contributed by atoms with Crippen LogP contribution in [0.2, 0.25) is 0 Å². The van der Waals surface area contributed by atoms with Gasteiger partial charge in [0.15, 0.2) is 0 Å².